The summed E-state index contributed by atoms with van der Waals surface area (Å²) in [7, 11) is 0. The van der Waals surface area contributed by atoms with Gasteiger partial charge in [-0.25, -0.2) is 9.97 Å². The fourth-order valence-corrected chi connectivity index (χ4v) is 3.33. The predicted octanol–water partition coefficient (Wildman–Crippen LogP) is 2.69. The summed E-state index contributed by atoms with van der Waals surface area (Å²) in [5.41, 5.74) is 0.906. The molecular formula is C19H22N4O3. The number of nitrogens with one attached hydrogen (secondary N) is 1. The highest BCUT2D eigenvalue weighted by molar-refractivity contribution is 5.94. The minimum absolute atomic E-state index is 0.0911. The lowest BCUT2D eigenvalue weighted by Gasteiger charge is -2.35. The van der Waals surface area contributed by atoms with Gasteiger partial charge in [0.1, 0.15) is 17.6 Å². The third-order valence-electron chi connectivity index (χ3n) is 4.70. The van der Waals surface area contributed by atoms with Crippen LogP contribution in [0.25, 0.3) is 0 Å². The van der Waals surface area contributed by atoms with Crippen molar-refractivity contribution in [3.05, 3.63) is 53.9 Å². The third-order valence-corrected chi connectivity index (χ3v) is 4.70. The SMILES string of the molecule is O=C(C1=CCCC1)N1CCOC[C@H]1c1nccc(NCc2ccco2)n1. The Kier molecular flexibility index (Phi) is 4.97. The Labute approximate surface area is 152 Å². The first-order valence-electron chi connectivity index (χ1n) is 8.98. The summed E-state index contributed by atoms with van der Waals surface area (Å²) in [5.74, 6) is 2.22. The van der Waals surface area contributed by atoms with Gasteiger partial charge in [-0.05, 0) is 37.5 Å². The molecule has 7 nitrogen and oxygen atoms in total. The quantitative estimate of drug-likeness (QED) is 0.889. The summed E-state index contributed by atoms with van der Waals surface area (Å²) in [6.07, 6.45) is 8.30. The molecule has 1 amide bonds. The van der Waals surface area contributed by atoms with Gasteiger partial charge in [-0.2, -0.15) is 0 Å². The van der Waals surface area contributed by atoms with Crippen LogP contribution in [0, 0.1) is 0 Å². The smallest absolute Gasteiger partial charge is 0.250 e. The molecule has 0 saturated carbocycles. The number of amides is 1. The lowest BCUT2D eigenvalue weighted by atomic mass is 10.1. The Morgan fingerprint density at radius 2 is 2.35 bits per heavy atom. The lowest BCUT2D eigenvalue weighted by Crippen LogP contribution is -2.44. The number of carbonyl (C=O) groups excluding carboxylic acids is 1. The molecule has 0 unspecified atom stereocenters. The van der Waals surface area contributed by atoms with Crippen molar-refractivity contribution in [1.29, 1.82) is 0 Å². The number of aromatic nitrogens is 2. The number of carbonyl (C=O) groups is 1. The molecule has 1 saturated heterocycles. The van der Waals surface area contributed by atoms with E-state index in [2.05, 4.69) is 21.4 Å². The van der Waals surface area contributed by atoms with E-state index in [9.17, 15) is 4.79 Å². The number of anilines is 1. The van der Waals surface area contributed by atoms with Crippen LogP contribution in [0.4, 0.5) is 5.82 Å². The Hall–Kier alpha value is -2.67. The van der Waals surface area contributed by atoms with Crippen molar-refractivity contribution < 1.29 is 13.9 Å². The molecule has 0 radical (unpaired) electrons. The molecule has 7 heteroatoms. The van der Waals surface area contributed by atoms with Gasteiger partial charge in [-0.15, -0.1) is 0 Å². The summed E-state index contributed by atoms with van der Waals surface area (Å²) in [6, 6.07) is 5.30. The number of rotatable bonds is 5. The molecule has 2 aliphatic rings. The summed E-state index contributed by atoms with van der Waals surface area (Å²) in [6.45, 7) is 2.07. The number of hydrogen-bond acceptors (Lipinski definition) is 6. The van der Waals surface area contributed by atoms with Gasteiger partial charge in [0.2, 0.25) is 5.91 Å². The van der Waals surface area contributed by atoms with Gasteiger partial charge in [-0.3, -0.25) is 4.79 Å². The fourth-order valence-electron chi connectivity index (χ4n) is 3.33. The van der Waals surface area contributed by atoms with Crippen molar-refractivity contribution in [3.8, 4) is 0 Å². The Bertz CT molecular complexity index is 788. The monoisotopic (exact) mass is 354 g/mol. The highest BCUT2D eigenvalue weighted by atomic mass is 16.5. The van der Waals surface area contributed by atoms with Crippen molar-refractivity contribution >= 4 is 11.7 Å². The molecule has 136 valence electrons. The first-order valence-corrected chi connectivity index (χ1v) is 8.98. The molecule has 0 aromatic carbocycles. The second kappa shape index (κ2) is 7.70. The van der Waals surface area contributed by atoms with E-state index in [0.717, 1.165) is 30.6 Å². The van der Waals surface area contributed by atoms with E-state index in [1.165, 1.54) is 0 Å². The first kappa shape index (κ1) is 16.8. The van der Waals surface area contributed by atoms with Crippen LogP contribution >= 0.6 is 0 Å². The van der Waals surface area contributed by atoms with Crippen LogP contribution in [0.2, 0.25) is 0 Å². The second-order valence-corrected chi connectivity index (χ2v) is 6.44. The molecule has 4 rings (SSSR count). The van der Waals surface area contributed by atoms with Gasteiger partial charge in [-0.1, -0.05) is 6.08 Å². The minimum atomic E-state index is -0.261. The molecule has 0 spiro atoms. The van der Waals surface area contributed by atoms with E-state index >= 15 is 0 Å². The third kappa shape index (κ3) is 3.62. The number of nitrogens with zero attached hydrogens (tertiary/aromatic N) is 3. The number of ether oxygens (including phenoxy) is 1. The van der Waals surface area contributed by atoms with Crippen molar-refractivity contribution in [2.24, 2.45) is 0 Å². The zero-order valence-electron chi connectivity index (χ0n) is 14.6. The first-order chi connectivity index (χ1) is 12.8. The zero-order chi connectivity index (χ0) is 17.8. The van der Waals surface area contributed by atoms with E-state index in [4.69, 9.17) is 9.15 Å². The van der Waals surface area contributed by atoms with Gasteiger partial charge >= 0.3 is 0 Å². The van der Waals surface area contributed by atoms with Gasteiger partial charge in [0.05, 0.1) is 26.0 Å². The normalized spacial score (nSPS) is 20.1. The van der Waals surface area contributed by atoms with Crippen LogP contribution in [-0.2, 0) is 16.1 Å². The Morgan fingerprint density at radius 3 is 3.15 bits per heavy atom. The van der Waals surface area contributed by atoms with E-state index in [1.54, 1.807) is 12.5 Å². The molecular weight excluding hydrogens is 332 g/mol. The number of morpholine rings is 1. The van der Waals surface area contributed by atoms with Gasteiger partial charge in [0.25, 0.3) is 0 Å². The molecule has 1 fully saturated rings. The molecule has 3 heterocycles. The molecule has 1 N–H and O–H groups in total. The van der Waals surface area contributed by atoms with Crippen LogP contribution in [0.5, 0.6) is 0 Å². The second-order valence-electron chi connectivity index (χ2n) is 6.44. The molecule has 2 aromatic heterocycles. The van der Waals surface area contributed by atoms with Crippen molar-refractivity contribution in [2.75, 3.05) is 25.1 Å². The Morgan fingerprint density at radius 1 is 1.38 bits per heavy atom. The summed E-state index contributed by atoms with van der Waals surface area (Å²) >= 11 is 0. The predicted molar refractivity (Wildman–Crippen MR) is 95.3 cm³/mol. The van der Waals surface area contributed by atoms with Crippen LogP contribution in [-0.4, -0.2) is 40.5 Å². The van der Waals surface area contributed by atoms with Gasteiger partial charge < -0.3 is 19.4 Å². The molecule has 0 bridgehead atoms. The van der Waals surface area contributed by atoms with Crippen molar-refractivity contribution in [3.63, 3.8) is 0 Å². The van der Waals surface area contributed by atoms with E-state index in [1.807, 2.05) is 23.1 Å². The van der Waals surface area contributed by atoms with E-state index < -0.39 is 0 Å². The zero-order valence-corrected chi connectivity index (χ0v) is 14.6. The lowest BCUT2D eigenvalue weighted by molar-refractivity contribution is -0.136. The summed E-state index contributed by atoms with van der Waals surface area (Å²) < 4.78 is 10.9. The highest BCUT2D eigenvalue weighted by Gasteiger charge is 2.32. The maximum absolute atomic E-state index is 12.9. The van der Waals surface area contributed by atoms with E-state index in [0.29, 0.717) is 37.9 Å². The van der Waals surface area contributed by atoms with Gasteiger partial charge in [0, 0.05) is 18.3 Å². The number of hydrogen-bond donors (Lipinski definition) is 1. The minimum Gasteiger partial charge on any atom is -0.467 e. The fraction of sp³-hybridized carbons (Fsp3) is 0.421. The molecule has 2 aromatic rings. The standard InChI is InChI=1S/C19H22N4O3/c24-19(14-4-1-2-5-14)23-9-11-25-13-16(23)18-20-8-7-17(22-18)21-12-15-6-3-10-26-15/h3-4,6-8,10,16H,1-2,5,9,11-13H2,(H,20,21,22)/t16-/m0/s1. The highest BCUT2D eigenvalue weighted by Crippen LogP contribution is 2.27. The molecule has 1 aliphatic heterocycles. The van der Waals surface area contributed by atoms with Crippen molar-refractivity contribution in [2.45, 2.75) is 31.8 Å². The average Bonchev–Trinajstić information content (AvgIpc) is 3.40. The van der Waals surface area contributed by atoms with Crippen LogP contribution in [0.3, 0.4) is 0 Å². The average molecular weight is 354 g/mol. The van der Waals surface area contributed by atoms with Crippen LogP contribution in [0.15, 0.2) is 46.7 Å². The summed E-state index contributed by atoms with van der Waals surface area (Å²) in [5, 5.41) is 3.23. The van der Waals surface area contributed by atoms with E-state index in [-0.39, 0.29) is 11.9 Å². The maximum atomic E-state index is 12.9. The van der Waals surface area contributed by atoms with Crippen LogP contribution in [0.1, 0.15) is 36.9 Å². The largest absolute Gasteiger partial charge is 0.467 e. The van der Waals surface area contributed by atoms with Gasteiger partial charge in [0.15, 0.2) is 5.82 Å². The maximum Gasteiger partial charge on any atom is 0.250 e. The number of allylic oxidation sites excluding steroid dienone is 1. The Balaban J connectivity index is 1.50. The number of furan rings is 1. The molecule has 1 atom stereocenters. The topological polar surface area (TPSA) is 80.5 Å². The van der Waals surface area contributed by atoms with Crippen LogP contribution < -0.4 is 5.32 Å². The van der Waals surface area contributed by atoms with Crippen molar-refractivity contribution in [1.82, 2.24) is 14.9 Å². The molecule has 1 aliphatic carbocycles. The summed E-state index contributed by atoms with van der Waals surface area (Å²) in [4.78, 5) is 23.7. The molecule has 26 heavy (non-hydrogen) atoms.